The van der Waals surface area contributed by atoms with E-state index in [2.05, 4.69) is 21.2 Å². The van der Waals surface area contributed by atoms with Gasteiger partial charge in [-0.2, -0.15) is 0 Å². The predicted molar refractivity (Wildman–Crippen MR) is 87.1 cm³/mol. The molecule has 0 unspecified atom stereocenters. The molecule has 4 heteroatoms. The normalized spacial score (nSPS) is 10.4. The highest BCUT2D eigenvalue weighted by Gasteiger charge is 2.07. The maximum Gasteiger partial charge on any atom is 0.251 e. The van der Waals surface area contributed by atoms with Gasteiger partial charge in [0, 0.05) is 23.2 Å². The number of carbonyl (C=O) groups excluding carboxylic acids is 1. The van der Waals surface area contributed by atoms with Crippen molar-refractivity contribution >= 4 is 21.8 Å². The van der Waals surface area contributed by atoms with Crippen molar-refractivity contribution < 1.29 is 9.53 Å². The summed E-state index contributed by atoms with van der Waals surface area (Å²) < 4.78 is 6.41. The molecule has 21 heavy (non-hydrogen) atoms. The highest BCUT2D eigenvalue weighted by Crippen LogP contribution is 2.12. The molecule has 2 aromatic rings. The maximum atomic E-state index is 12.1. The number of benzene rings is 2. The Bertz CT molecular complexity index is 596. The third kappa shape index (κ3) is 4.69. The molecule has 1 N–H and O–H groups in total. The summed E-state index contributed by atoms with van der Waals surface area (Å²) in [6, 6.07) is 15.3. The molecular formula is C17H18BrNO2. The van der Waals surface area contributed by atoms with Gasteiger partial charge in [-0.1, -0.05) is 40.2 Å². The molecule has 0 spiro atoms. The summed E-state index contributed by atoms with van der Waals surface area (Å²) in [5.41, 5.74) is 2.84. The molecule has 0 saturated carbocycles. The third-order valence-corrected chi connectivity index (χ3v) is 3.65. The molecule has 0 heterocycles. The molecule has 2 rings (SSSR count). The number of rotatable bonds is 6. The van der Waals surface area contributed by atoms with Crippen LogP contribution in [0.1, 0.15) is 28.4 Å². The van der Waals surface area contributed by atoms with E-state index >= 15 is 0 Å². The summed E-state index contributed by atoms with van der Waals surface area (Å²) in [5, 5.41) is 2.94. The summed E-state index contributed by atoms with van der Waals surface area (Å²) in [5.74, 6) is -0.0753. The molecule has 0 radical (unpaired) electrons. The molecule has 0 aliphatic carbocycles. The fraction of sp³-hybridized carbons (Fsp3) is 0.235. The number of ether oxygens (including phenoxy) is 1. The molecule has 2 aromatic carbocycles. The van der Waals surface area contributed by atoms with E-state index in [9.17, 15) is 4.79 Å². The number of hydrogen-bond acceptors (Lipinski definition) is 2. The van der Waals surface area contributed by atoms with Gasteiger partial charge in [0.25, 0.3) is 5.91 Å². The fourth-order valence-corrected chi connectivity index (χ4v) is 2.23. The van der Waals surface area contributed by atoms with Crippen molar-refractivity contribution in [1.82, 2.24) is 5.32 Å². The molecular weight excluding hydrogens is 330 g/mol. The predicted octanol–water partition coefficient (Wildman–Crippen LogP) is 3.92. The Morgan fingerprint density at radius 3 is 2.43 bits per heavy atom. The second kappa shape index (κ2) is 7.96. The third-order valence-electron chi connectivity index (χ3n) is 3.13. The van der Waals surface area contributed by atoms with Gasteiger partial charge in [-0.05, 0) is 42.3 Å². The first-order valence-corrected chi connectivity index (χ1v) is 7.68. The number of amides is 1. The molecule has 0 bridgehead atoms. The van der Waals surface area contributed by atoms with Crippen LogP contribution >= 0.6 is 15.9 Å². The summed E-state index contributed by atoms with van der Waals surface area (Å²) in [4.78, 5) is 12.1. The lowest BCUT2D eigenvalue weighted by Gasteiger charge is -2.11. The average Bonchev–Trinajstić information content (AvgIpc) is 2.52. The first-order valence-electron chi connectivity index (χ1n) is 6.89. The van der Waals surface area contributed by atoms with E-state index in [-0.39, 0.29) is 5.91 Å². The van der Waals surface area contributed by atoms with E-state index < -0.39 is 0 Å². The van der Waals surface area contributed by atoms with Crippen LogP contribution in [0.4, 0.5) is 0 Å². The Morgan fingerprint density at radius 1 is 1.10 bits per heavy atom. The Morgan fingerprint density at radius 2 is 1.76 bits per heavy atom. The SMILES string of the molecule is CCOCc1ccccc1CNC(=O)c1ccc(Br)cc1. The van der Waals surface area contributed by atoms with Crippen molar-refractivity contribution in [2.24, 2.45) is 0 Å². The smallest absolute Gasteiger partial charge is 0.251 e. The van der Waals surface area contributed by atoms with E-state index in [1.807, 2.05) is 43.3 Å². The van der Waals surface area contributed by atoms with Crippen LogP contribution in [-0.2, 0) is 17.9 Å². The van der Waals surface area contributed by atoms with E-state index in [0.717, 1.165) is 15.6 Å². The largest absolute Gasteiger partial charge is 0.377 e. The lowest BCUT2D eigenvalue weighted by atomic mass is 10.1. The molecule has 3 nitrogen and oxygen atoms in total. The van der Waals surface area contributed by atoms with Gasteiger partial charge in [-0.3, -0.25) is 4.79 Å². The van der Waals surface area contributed by atoms with Crippen LogP contribution in [-0.4, -0.2) is 12.5 Å². The maximum absolute atomic E-state index is 12.1. The highest BCUT2D eigenvalue weighted by atomic mass is 79.9. The molecule has 110 valence electrons. The zero-order valence-electron chi connectivity index (χ0n) is 11.9. The molecule has 0 atom stereocenters. The zero-order valence-corrected chi connectivity index (χ0v) is 13.5. The molecule has 0 fully saturated rings. The lowest BCUT2D eigenvalue weighted by Crippen LogP contribution is -2.23. The van der Waals surface area contributed by atoms with Gasteiger partial charge in [0.1, 0.15) is 0 Å². The first-order chi connectivity index (χ1) is 10.2. The number of carbonyl (C=O) groups is 1. The highest BCUT2D eigenvalue weighted by molar-refractivity contribution is 9.10. The monoisotopic (exact) mass is 347 g/mol. The van der Waals surface area contributed by atoms with E-state index in [0.29, 0.717) is 25.3 Å². The van der Waals surface area contributed by atoms with Gasteiger partial charge >= 0.3 is 0 Å². The van der Waals surface area contributed by atoms with Crippen LogP contribution in [0.3, 0.4) is 0 Å². The standard InChI is InChI=1S/C17H18BrNO2/c1-2-21-12-15-6-4-3-5-14(15)11-19-17(20)13-7-9-16(18)10-8-13/h3-10H,2,11-12H2,1H3,(H,19,20). The minimum atomic E-state index is -0.0753. The van der Waals surface area contributed by atoms with Gasteiger partial charge in [-0.15, -0.1) is 0 Å². The summed E-state index contributed by atoms with van der Waals surface area (Å²) in [6.07, 6.45) is 0. The van der Waals surface area contributed by atoms with Crippen molar-refractivity contribution in [2.75, 3.05) is 6.61 Å². The minimum Gasteiger partial charge on any atom is -0.377 e. The first kappa shape index (κ1) is 15.7. The van der Waals surface area contributed by atoms with Gasteiger partial charge in [0.05, 0.1) is 6.61 Å². The van der Waals surface area contributed by atoms with Crippen molar-refractivity contribution in [1.29, 1.82) is 0 Å². The van der Waals surface area contributed by atoms with Crippen molar-refractivity contribution in [3.8, 4) is 0 Å². The van der Waals surface area contributed by atoms with E-state index in [1.165, 1.54) is 0 Å². The van der Waals surface area contributed by atoms with E-state index in [4.69, 9.17) is 4.74 Å². The lowest BCUT2D eigenvalue weighted by molar-refractivity contribution is 0.0950. The van der Waals surface area contributed by atoms with Crippen molar-refractivity contribution in [3.05, 3.63) is 69.7 Å². The molecule has 0 aliphatic rings. The number of halogens is 1. The molecule has 0 aliphatic heterocycles. The van der Waals surface area contributed by atoms with Crippen LogP contribution in [0.2, 0.25) is 0 Å². The van der Waals surface area contributed by atoms with Crippen LogP contribution in [0, 0.1) is 0 Å². The number of nitrogens with one attached hydrogen (secondary N) is 1. The van der Waals surface area contributed by atoms with Gasteiger partial charge in [-0.25, -0.2) is 0 Å². The Balaban J connectivity index is 1.99. The summed E-state index contributed by atoms with van der Waals surface area (Å²) in [7, 11) is 0. The van der Waals surface area contributed by atoms with E-state index in [1.54, 1.807) is 12.1 Å². The van der Waals surface area contributed by atoms with Crippen LogP contribution in [0.15, 0.2) is 53.0 Å². The average molecular weight is 348 g/mol. The fourth-order valence-electron chi connectivity index (χ4n) is 1.96. The second-order valence-electron chi connectivity index (χ2n) is 4.60. The molecule has 0 aromatic heterocycles. The van der Waals surface area contributed by atoms with Gasteiger partial charge in [0.2, 0.25) is 0 Å². The number of hydrogen-bond donors (Lipinski definition) is 1. The Kier molecular flexibility index (Phi) is 5.96. The van der Waals surface area contributed by atoms with Crippen molar-refractivity contribution in [3.63, 3.8) is 0 Å². The summed E-state index contributed by atoms with van der Waals surface area (Å²) >= 11 is 3.36. The van der Waals surface area contributed by atoms with Gasteiger partial charge in [0.15, 0.2) is 0 Å². The minimum absolute atomic E-state index is 0.0753. The second-order valence-corrected chi connectivity index (χ2v) is 5.51. The zero-order chi connectivity index (χ0) is 15.1. The van der Waals surface area contributed by atoms with Crippen LogP contribution < -0.4 is 5.32 Å². The quantitative estimate of drug-likeness (QED) is 0.859. The molecule has 1 amide bonds. The molecule has 0 saturated heterocycles. The topological polar surface area (TPSA) is 38.3 Å². The van der Waals surface area contributed by atoms with Crippen LogP contribution in [0.25, 0.3) is 0 Å². The van der Waals surface area contributed by atoms with Crippen LogP contribution in [0.5, 0.6) is 0 Å². The summed E-state index contributed by atoms with van der Waals surface area (Å²) in [6.45, 7) is 3.72. The van der Waals surface area contributed by atoms with Gasteiger partial charge < -0.3 is 10.1 Å². The Labute approximate surface area is 133 Å². The van der Waals surface area contributed by atoms with Crippen molar-refractivity contribution in [2.45, 2.75) is 20.1 Å². The Hall–Kier alpha value is -1.65.